The molecule has 0 radical (unpaired) electrons. The molecule has 1 aromatic rings. The van der Waals surface area contributed by atoms with E-state index in [1.165, 1.54) is 6.08 Å². The molecule has 1 fully saturated rings. The molecule has 5 nitrogen and oxygen atoms in total. The standard InChI is InChI=1S/C17H14O5/c18-11-4-10-6-15(20)22-8-13(10)16-12(7-11)17-9(5-14(16)19)2-1-3-21-17/h2,4-5,19H,1,3,6-8H2. The second-order valence-corrected chi connectivity index (χ2v) is 5.64. The highest BCUT2D eigenvalue weighted by molar-refractivity contribution is 5.99. The van der Waals surface area contributed by atoms with E-state index in [0.717, 1.165) is 11.6 Å². The van der Waals surface area contributed by atoms with E-state index in [1.54, 1.807) is 6.07 Å². The predicted octanol–water partition coefficient (Wildman–Crippen LogP) is 0.104. The van der Waals surface area contributed by atoms with Crippen LogP contribution in [0.1, 0.15) is 18.4 Å². The summed E-state index contributed by atoms with van der Waals surface area (Å²) in [7, 11) is 0. The summed E-state index contributed by atoms with van der Waals surface area (Å²) >= 11 is 0. The number of phenols is 1. The zero-order valence-corrected chi connectivity index (χ0v) is 11.8. The van der Waals surface area contributed by atoms with Crippen LogP contribution in [0.3, 0.4) is 0 Å². The molecule has 0 unspecified atom stereocenters. The number of fused-ring (bicyclic) bond motifs is 4. The lowest BCUT2D eigenvalue weighted by molar-refractivity contribution is -0.142. The molecule has 0 atom stereocenters. The monoisotopic (exact) mass is 298 g/mol. The number of allylic oxidation sites excluding steroid dienone is 1. The van der Waals surface area contributed by atoms with E-state index in [0.29, 0.717) is 34.3 Å². The SMILES string of the molecule is O=C1C=C2CC(=O)OCC2=c2c(O)cc3c(c2C1)OCCC=3. The molecule has 0 bridgehead atoms. The van der Waals surface area contributed by atoms with Crippen molar-refractivity contribution in [3.63, 3.8) is 0 Å². The average molecular weight is 298 g/mol. The molecule has 0 spiro atoms. The normalized spacial score (nSPS) is 19.6. The number of phenolic OH excluding ortho intramolecular Hbond substituents is 1. The number of ether oxygens (including phenoxy) is 2. The van der Waals surface area contributed by atoms with Gasteiger partial charge >= 0.3 is 5.97 Å². The maximum atomic E-state index is 12.2. The van der Waals surface area contributed by atoms with E-state index in [2.05, 4.69) is 0 Å². The average Bonchev–Trinajstić information content (AvgIpc) is 2.63. The molecule has 2 heterocycles. The van der Waals surface area contributed by atoms with Crippen LogP contribution in [0.2, 0.25) is 0 Å². The maximum absolute atomic E-state index is 12.2. The van der Waals surface area contributed by atoms with Crippen LogP contribution in [-0.2, 0) is 20.7 Å². The van der Waals surface area contributed by atoms with Crippen molar-refractivity contribution in [3.8, 4) is 11.5 Å². The van der Waals surface area contributed by atoms with Crippen molar-refractivity contribution < 1.29 is 24.2 Å². The molecule has 1 aliphatic carbocycles. The van der Waals surface area contributed by atoms with Crippen LogP contribution >= 0.6 is 0 Å². The lowest BCUT2D eigenvalue weighted by Gasteiger charge is -2.20. The second-order valence-electron chi connectivity index (χ2n) is 5.64. The molecule has 1 saturated heterocycles. The van der Waals surface area contributed by atoms with Crippen LogP contribution in [0, 0.1) is 0 Å². The fourth-order valence-electron chi connectivity index (χ4n) is 3.28. The number of benzene rings is 1. The van der Waals surface area contributed by atoms with Gasteiger partial charge in [0, 0.05) is 34.4 Å². The molecule has 5 heteroatoms. The Bertz CT molecular complexity index is 860. The zero-order valence-electron chi connectivity index (χ0n) is 11.8. The molecule has 1 N–H and O–H groups in total. The van der Waals surface area contributed by atoms with Crippen LogP contribution in [-0.4, -0.2) is 30.1 Å². The topological polar surface area (TPSA) is 72.8 Å². The van der Waals surface area contributed by atoms with Gasteiger partial charge in [0.25, 0.3) is 0 Å². The summed E-state index contributed by atoms with van der Waals surface area (Å²) in [5, 5.41) is 11.8. The van der Waals surface area contributed by atoms with Crippen molar-refractivity contribution in [2.24, 2.45) is 0 Å². The Morgan fingerprint density at radius 1 is 1.14 bits per heavy atom. The van der Waals surface area contributed by atoms with Gasteiger partial charge in [-0.2, -0.15) is 0 Å². The van der Waals surface area contributed by atoms with Crippen molar-refractivity contribution in [2.75, 3.05) is 13.2 Å². The Hall–Kier alpha value is -2.56. The minimum atomic E-state index is -0.353. The number of carbonyl (C=O) groups excluding carboxylic acids is 2. The lowest BCUT2D eigenvalue weighted by Crippen LogP contribution is -2.28. The Morgan fingerprint density at radius 3 is 2.86 bits per heavy atom. The Labute approximate surface area is 126 Å². The van der Waals surface area contributed by atoms with Crippen molar-refractivity contribution in [1.29, 1.82) is 0 Å². The summed E-state index contributed by atoms with van der Waals surface area (Å²) in [6, 6.07) is 1.66. The molecule has 3 aliphatic rings. The minimum absolute atomic E-state index is 0.0595. The van der Waals surface area contributed by atoms with Crippen LogP contribution in [0.5, 0.6) is 11.5 Å². The summed E-state index contributed by atoms with van der Waals surface area (Å²) in [5.41, 5.74) is 2.03. The number of carbonyl (C=O) groups is 2. The van der Waals surface area contributed by atoms with Gasteiger partial charge in [-0.3, -0.25) is 9.59 Å². The van der Waals surface area contributed by atoms with E-state index >= 15 is 0 Å². The summed E-state index contributed by atoms with van der Waals surface area (Å²) in [5.74, 6) is 0.312. The number of hydrogen-bond acceptors (Lipinski definition) is 5. The van der Waals surface area contributed by atoms with Gasteiger partial charge in [0.1, 0.15) is 18.1 Å². The van der Waals surface area contributed by atoms with Gasteiger partial charge < -0.3 is 14.6 Å². The molecule has 4 rings (SSSR count). The van der Waals surface area contributed by atoms with E-state index in [9.17, 15) is 14.7 Å². The number of aromatic hydroxyl groups is 1. The van der Waals surface area contributed by atoms with Crippen LogP contribution in [0.25, 0.3) is 11.6 Å². The van der Waals surface area contributed by atoms with Crippen LogP contribution in [0.4, 0.5) is 0 Å². The van der Waals surface area contributed by atoms with Gasteiger partial charge in [0.2, 0.25) is 0 Å². The van der Waals surface area contributed by atoms with E-state index in [-0.39, 0.29) is 37.0 Å². The first-order valence-corrected chi connectivity index (χ1v) is 7.24. The second kappa shape index (κ2) is 4.73. The van der Waals surface area contributed by atoms with E-state index < -0.39 is 0 Å². The highest BCUT2D eigenvalue weighted by Crippen LogP contribution is 2.28. The van der Waals surface area contributed by atoms with Crippen LogP contribution < -0.4 is 15.2 Å². The summed E-state index contributed by atoms with van der Waals surface area (Å²) < 4.78 is 10.8. The van der Waals surface area contributed by atoms with Gasteiger partial charge in [-0.05, 0) is 17.7 Å². The smallest absolute Gasteiger partial charge is 0.310 e. The molecule has 0 amide bonds. The van der Waals surface area contributed by atoms with Crippen molar-refractivity contribution >= 4 is 23.4 Å². The Balaban J connectivity index is 2.10. The number of esters is 1. The quantitative estimate of drug-likeness (QED) is 0.688. The third-order valence-corrected chi connectivity index (χ3v) is 4.20. The van der Waals surface area contributed by atoms with Gasteiger partial charge in [0.05, 0.1) is 13.0 Å². The molecule has 1 aromatic carbocycles. The first kappa shape index (κ1) is 13.1. The fourth-order valence-corrected chi connectivity index (χ4v) is 3.28. The maximum Gasteiger partial charge on any atom is 0.310 e. The molecular formula is C17H14O5. The third kappa shape index (κ3) is 1.93. The molecule has 112 valence electrons. The van der Waals surface area contributed by atoms with Crippen molar-refractivity contribution in [1.82, 2.24) is 0 Å². The van der Waals surface area contributed by atoms with Gasteiger partial charge in [-0.15, -0.1) is 0 Å². The molecule has 0 aromatic heterocycles. The summed E-state index contributed by atoms with van der Waals surface area (Å²) in [6.45, 7) is 0.629. The fraction of sp³-hybridized carbons (Fsp3) is 0.294. The molecule has 2 aliphatic heterocycles. The first-order chi connectivity index (χ1) is 10.6. The van der Waals surface area contributed by atoms with Gasteiger partial charge in [0.15, 0.2) is 5.78 Å². The molecular weight excluding hydrogens is 284 g/mol. The highest BCUT2D eigenvalue weighted by Gasteiger charge is 2.27. The number of rotatable bonds is 0. The van der Waals surface area contributed by atoms with Gasteiger partial charge in [-0.25, -0.2) is 0 Å². The number of cyclic esters (lactones) is 1. The molecule has 22 heavy (non-hydrogen) atoms. The number of hydrogen-bond donors (Lipinski definition) is 1. The largest absolute Gasteiger partial charge is 0.507 e. The minimum Gasteiger partial charge on any atom is -0.507 e. The third-order valence-electron chi connectivity index (χ3n) is 4.20. The molecule has 0 saturated carbocycles. The number of ketones is 1. The van der Waals surface area contributed by atoms with E-state index in [1.807, 2.05) is 6.08 Å². The lowest BCUT2D eigenvalue weighted by atomic mass is 9.96. The zero-order chi connectivity index (χ0) is 15.3. The van der Waals surface area contributed by atoms with Gasteiger partial charge in [-0.1, -0.05) is 6.08 Å². The summed E-state index contributed by atoms with van der Waals surface area (Å²) in [4.78, 5) is 23.7. The van der Waals surface area contributed by atoms with Crippen molar-refractivity contribution in [2.45, 2.75) is 19.3 Å². The Morgan fingerprint density at radius 2 is 2.00 bits per heavy atom. The first-order valence-electron chi connectivity index (χ1n) is 7.24. The predicted molar refractivity (Wildman–Crippen MR) is 77.7 cm³/mol. The van der Waals surface area contributed by atoms with Crippen LogP contribution in [0.15, 0.2) is 17.7 Å². The highest BCUT2D eigenvalue weighted by atomic mass is 16.5. The summed E-state index contributed by atoms with van der Waals surface area (Å²) in [6.07, 6.45) is 4.48. The van der Waals surface area contributed by atoms with Crippen molar-refractivity contribution in [3.05, 3.63) is 33.7 Å². The Kier molecular flexibility index (Phi) is 2.82. The van der Waals surface area contributed by atoms with E-state index in [4.69, 9.17) is 9.47 Å².